The molecule has 5 heteroatoms. The van der Waals surface area contributed by atoms with E-state index in [9.17, 15) is 4.79 Å². The van der Waals surface area contributed by atoms with E-state index >= 15 is 0 Å². The lowest BCUT2D eigenvalue weighted by Gasteiger charge is -2.24. The third-order valence-electron chi connectivity index (χ3n) is 3.91. The van der Waals surface area contributed by atoms with Crippen LogP contribution in [0.15, 0.2) is 24.3 Å². The molecule has 0 radical (unpaired) electrons. The number of hydrogen-bond acceptors (Lipinski definition) is 4. The number of carbonyl (C=O) groups is 1. The number of ether oxygens (including phenoxy) is 1. The molecule has 1 aromatic rings. The number of carbonyl (C=O) groups excluding carboxylic acids is 1. The largest absolute Gasteiger partial charge is 0.380 e. The Morgan fingerprint density at radius 3 is 2.90 bits per heavy atom. The molecule has 0 spiro atoms. The second-order valence-corrected chi connectivity index (χ2v) is 5.18. The SMILES string of the molecule is CCN(Cc1ccccc1C#N)C(=O)C1CC(OC)CN1. The van der Waals surface area contributed by atoms with Crippen LogP contribution in [0.3, 0.4) is 0 Å². The van der Waals surface area contributed by atoms with Gasteiger partial charge in [0.2, 0.25) is 5.91 Å². The Bertz CT molecular complexity index is 539. The number of hydrogen-bond donors (Lipinski definition) is 1. The molecule has 1 amide bonds. The van der Waals surface area contributed by atoms with Crippen molar-refractivity contribution in [3.63, 3.8) is 0 Å². The summed E-state index contributed by atoms with van der Waals surface area (Å²) in [6, 6.07) is 9.39. The predicted molar refractivity (Wildman–Crippen MR) is 79.5 cm³/mol. The Labute approximate surface area is 125 Å². The Morgan fingerprint density at radius 1 is 1.52 bits per heavy atom. The minimum Gasteiger partial charge on any atom is -0.380 e. The summed E-state index contributed by atoms with van der Waals surface area (Å²) in [4.78, 5) is 14.4. The predicted octanol–water partition coefficient (Wildman–Crippen LogP) is 1.28. The van der Waals surface area contributed by atoms with E-state index in [1.54, 1.807) is 18.1 Å². The van der Waals surface area contributed by atoms with Crippen LogP contribution in [0.4, 0.5) is 0 Å². The van der Waals surface area contributed by atoms with Crippen molar-refractivity contribution in [3.8, 4) is 6.07 Å². The van der Waals surface area contributed by atoms with Gasteiger partial charge >= 0.3 is 0 Å². The molecule has 21 heavy (non-hydrogen) atoms. The van der Waals surface area contributed by atoms with Crippen LogP contribution in [0.2, 0.25) is 0 Å². The van der Waals surface area contributed by atoms with Crippen LogP contribution >= 0.6 is 0 Å². The van der Waals surface area contributed by atoms with Gasteiger partial charge in [0.05, 0.1) is 23.8 Å². The number of nitrogens with one attached hydrogen (secondary N) is 1. The molecule has 1 fully saturated rings. The van der Waals surface area contributed by atoms with Crippen molar-refractivity contribution in [2.45, 2.75) is 32.0 Å². The highest BCUT2D eigenvalue weighted by Crippen LogP contribution is 2.15. The molecule has 112 valence electrons. The number of nitrogens with zero attached hydrogens (tertiary/aromatic N) is 2. The van der Waals surface area contributed by atoms with Gasteiger partial charge in [-0.3, -0.25) is 4.79 Å². The summed E-state index contributed by atoms with van der Waals surface area (Å²) >= 11 is 0. The molecule has 1 aliphatic heterocycles. The molecule has 1 aliphatic rings. The fourth-order valence-corrected chi connectivity index (χ4v) is 2.61. The van der Waals surface area contributed by atoms with Crippen molar-refractivity contribution in [2.75, 3.05) is 20.2 Å². The molecule has 0 aliphatic carbocycles. The van der Waals surface area contributed by atoms with Crippen molar-refractivity contribution in [3.05, 3.63) is 35.4 Å². The molecule has 0 bridgehead atoms. The van der Waals surface area contributed by atoms with Gasteiger partial charge in [0.1, 0.15) is 0 Å². The molecule has 2 rings (SSSR count). The first-order valence-electron chi connectivity index (χ1n) is 7.22. The van der Waals surface area contributed by atoms with Crippen LogP contribution < -0.4 is 5.32 Å². The molecule has 0 saturated carbocycles. The molecule has 5 nitrogen and oxygen atoms in total. The van der Waals surface area contributed by atoms with E-state index < -0.39 is 0 Å². The van der Waals surface area contributed by atoms with Gasteiger partial charge in [0.15, 0.2) is 0 Å². The smallest absolute Gasteiger partial charge is 0.240 e. The van der Waals surface area contributed by atoms with E-state index in [0.717, 1.165) is 5.56 Å². The third-order valence-corrected chi connectivity index (χ3v) is 3.91. The normalized spacial score (nSPS) is 21.0. The van der Waals surface area contributed by atoms with Gasteiger partial charge in [-0.2, -0.15) is 5.26 Å². The van der Waals surface area contributed by atoms with Gasteiger partial charge in [0, 0.05) is 26.7 Å². The van der Waals surface area contributed by atoms with E-state index in [0.29, 0.717) is 31.6 Å². The summed E-state index contributed by atoms with van der Waals surface area (Å²) in [5.41, 5.74) is 1.51. The number of methoxy groups -OCH3 is 1. The zero-order chi connectivity index (χ0) is 15.2. The Kier molecular flexibility index (Phi) is 5.32. The highest BCUT2D eigenvalue weighted by atomic mass is 16.5. The molecule has 2 unspecified atom stereocenters. The summed E-state index contributed by atoms with van der Waals surface area (Å²) < 4.78 is 5.28. The summed E-state index contributed by atoms with van der Waals surface area (Å²) in [7, 11) is 1.67. The van der Waals surface area contributed by atoms with Crippen molar-refractivity contribution in [1.82, 2.24) is 10.2 Å². The van der Waals surface area contributed by atoms with E-state index in [2.05, 4.69) is 11.4 Å². The Hall–Kier alpha value is -1.90. The fourth-order valence-electron chi connectivity index (χ4n) is 2.61. The lowest BCUT2D eigenvalue weighted by atomic mass is 10.1. The molecular weight excluding hydrogens is 266 g/mol. The first-order chi connectivity index (χ1) is 10.2. The molecule has 1 N–H and O–H groups in total. The highest BCUT2D eigenvalue weighted by Gasteiger charge is 2.31. The summed E-state index contributed by atoms with van der Waals surface area (Å²) in [5, 5.41) is 12.3. The summed E-state index contributed by atoms with van der Waals surface area (Å²) in [6.45, 7) is 3.75. The lowest BCUT2D eigenvalue weighted by molar-refractivity contribution is -0.133. The van der Waals surface area contributed by atoms with Gasteiger partial charge in [-0.05, 0) is 25.0 Å². The average molecular weight is 287 g/mol. The van der Waals surface area contributed by atoms with Crippen LogP contribution in [0.25, 0.3) is 0 Å². The summed E-state index contributed by atoms with van der Waals surface area (Å²) in [6.07, 6.45) is 0.801. The minimum absolute atomic E-state index is 0.0739. The van der Waals surface area contributed by atoms with Crippen molar-refractivity contribution < 1.29 is 9.53 Å². The van der Waals surface area contributed by atoms with Crippen molar-refractivity contribution in [1.29, 1.82) is 5.26 Å². The van der Waals surface area contributed by atoms with E-state index in [4.69, 9.17) is 10.00 Å². The fraction of sp³-hybridized carbons (Fsp3) is 0.500. The Balaban J connectivity index is 2.06. The van der Waals surface area contributed by atoms with Gasteiger partial charge < -0.3 is 15.0 Å². The molecule has 1 saturated heterocycles. The van der Waals surface area contributed by atoms with Crippen molar-refractivity contribution >= 4 is 5.91 Å². The van der Waals surface area contributed by atoms with Gasteiger partial charge in [0.25, 0.3) is 0 Å². The van der Waals surface area contributed by atoms with E-state index in [1.165, 1.54) is 0 Å². The zero-order valence-electron chi connectivity index (χ0n) is 12.5. The van der Waals surface area contributed by atoms with Gasteiger partial charge in [-0.1, -0.05) is 18.2 Å². The van der Waals surface area contributed by atoms with Crippen LogP contribution in [0, 0.1) is 11.3 Å². The second-order valence-electron chi connectivity index (χ2n) is 5.18. The molecule has 1 aromatic carbocycles. The number of benzene rings is 1. The van der Waals surface area contributed by atoms with E-state index in [1.807, 2.05) is 25.1 Å². The maximum absolute atomic E-state index is 12.6. The molecule has 1 heterocycles. The lowest BCUT2D eigenvalue weighted by Crippen LogP contribution is -2.43. The standard InChI is InChI=1S/C16H21N3O2/c1-3-19(11-13-7-5-4-6-12(13)9-17)16(20)15-8-14(21-2)10-18-15/h4-7,14-15,18H,3,8,10-11H2,1-2H3. The maximum Gasteiger partial charge on any atom is 0.240 e. The van der Waals surface area contributed by atoms with Crippen LogP contribution in [-0.4, -0.2) is 43.2 Å². The number of likely N-dealkylation sites (N-methyl/N-ethyl adjacent to an activating group) is 1. The maximum atomic E-state index is 12.6. The first kappa shape index (κ1) is 15.5. The quantitative estimate of drug-likeness (QED) is 0.886. The van der Waals surface area contributed by atoms with Crippen molar-refractivity contribution in [2.24, 2.45) is 0 Å². The second kappa shape index (κ2) is 7.21. The molecule has 0 aromatic heterocycles. The van der Waals surface area contributed by atoms with Crippen LogP contribution in [0.1, 0.15) is 24.5 Å². The molecule has 2 atom stereocenters. The first-order valence-corrected chi connectivity index (χ1v) is 7.22. The highest BCUT2D eigenvalue weighted by molar-refractivity contribution is 5.82. The number of amides is 1. The van der Waals surface area contributed by atoms with Crippen LogP contribution in [-0.2, 0) is 16.1 Å². The monoisotopic (exact) mass is 287 g/mol. The van der Waals surface area contributed by atoms with Crippen LogP contribution in [0.5, 0.6) is 0 Å². The van der Waals surface area contributed by atoms with E-state index in [-0.39, 0.29) is 18.1 Å². The summed E-state index contributed by atoms with van der Waals surface area (Å²) in [5.74, 6) is 0.0739. The van der Waals surface area contributed by atoms with Gasteiger partial charge in [-0.25, -0.2) is 0 Å². The molecular formula is C16H21N3O2. The third kappa shape index (κ3) is 3.60. The number of nitriles is 1. The average Bonchev–Trinajstić information content (AvgIpc) is 3.01. The zero-order valence-corrected chi connectivity index (χ0v) is 12.5. The van der Waals surface area contributed by atoms with Gasteiger partial charge in [-0.15, -0.1) is 0 Å². The topological polar surface area (TPSA) is 65.4 Å². The Morgan fingerprint density at radius 2 is 2.29 bits per heavy atom. The number of rotatable bonds is 5. The minimum atomic E-state index is -0.191.